The van der Waals surface area contributed by atoms with E-state index < -0.39 is 0 Å². The molecule has 1 heterocycles. The van der Waals surface area contributed by atoms with Crippen LogP contribution in [-0.4, -0.2) is 11.4 Å². The summed E-state index contributed by atoms with van der Waals surface area (Å²) in [6.07, 6.45) is 2.09. The van der Waals surface area contributed by atoms with Gasteiger partial charge in [-0.25, -0.2) is 0 Å². The Morgan fingerprint density at radius 2 is 2.29 bits per heavy atom. The maximum Gasteiger partial charge on any atom is 0.0774 e. The second-order valence-electron chi connectivity index (χ2n) is 2.87. The molecule has 1 aromatic heterocycles. The van der Waals surface area contributed by atoms with Gasteiger partial charge in [-0.15, -0.1) is 23.1 Å². The minimum absolute atomic E-state index is 0.143. The van der Waals surface area contributed by atoms with Crippen molar-refractivity contribution in [3.8, 4) is 0 Å². The normalized spacial score (nSPS) is 11.1. The topological polar surface area (TPSA) is 20.2 Å². The summed E-state index contributed by atoms with van der Waals surface area (Å²) in [6.45, 7) is 0.143. The molecule has 1 N–H and O–H groups in total. The summed E-state index contributed by atoms with van der Waals surface area (Å²) in [7, 11) is 0. The Kier molecular flexibility index (Phi) is 3.36. The van der Waals surface area contributed by atoms with Crippen molar-refractivity contribution in [3.63, 3.8) is 0 Å². The summed E-state index contributed by atoms with van der Waals surface area (Å²) in [4.78, 5) is 2.35. The number of aliphatic hydroxyl groups excluding tert-OH is 1. The molecule has 4 heteroatoms. The molecule has 1 nitrogen and oxygen atoms in total. The highest BCUT2D eigenvalue weighted by Crippen LogP contribution is 2.35. The van der Waals surface area contributed by atoms with Crippen LogP contribution in [0.15, 0.2) is 23.1 Å². The first kappa shape index (κ1) is 10.7. The van der Waals surface area contributed by atoms with Crippen LogP contribution < -0.4 is 0 Å². The molecule has 0 bridgehead atoms. The van der Waals surface area contributed by atoms with Crippen LogP contribution in [0.25, 0.3) is 10.1 Å². The Morgan fingerprint density at radius 1 is 1.50 bits per heavy atom. The van der Waals surface area contributed by atoms with Gasteiger partial charge in [-0.2, -0.15) is 0 Å². The molecule has 0 aliphatic heterocycles. The number of thiophene rings is 1. The molecular weight excluding hydrogens is 327 g/mol. The third-order valence-electron chi connectivity index (χ3n) is 2.02. The van der Waals surface area contributed by atoms with Crippen molar-refractivity contribution in [1.29, 1.82) is 0 Å². The number of fused-ring (bicyclic) bond motifs is 1. The Labute approximate surface area is 105 Å². The molecule has 0 saturated heterocycles. The third-order valence-corrected chi connectivity index (χ3v) is 5.80. The fourth-order valence-corrected chi connectivity index (χ4v) is 4.33. The lowest BCUT2D eigenvalue weighted by molar-refractivity contribution is 0.285. The van der Waals surface area contributed by atoms with E-state index in [1.807, 2.05) is 0 Å². The van der Waals surface area contributed by atoms with Crippen LogP contribution >= 0.6 is 45.7 Å². The highest BCUT2D eigenvalue weighted by atomic mass is 127. The van der Waals surface area contributed by atoms with Crippen molar-refractivity contribution < 1.29 is 5.11 Å². The van der Waals surface area contributed by atoms with Gasteiger partial charge in [0.25, 0.3) is 0 Å². The number of thioether (sulfide) groups is 1. The fraction of sp³-hybridized carbons (Fsp3) is 0.200. The van der Waals surface area contributed by atoms with Gasteiger partial charge in [0.15, 0.2) is 0 Å². The largest absolute Gasteiger partial charge is 0.391 e. The van der Waals surface area contributed by atoms with E-state index in [2.05, 4.69) is 47.0 Å². The van der Waals surface area contributed by atoms with Crippen LogP contribution in [0.1, 0.15) is 4.88 Å². The maximum atomic E-state index is 9.06. The molecule has 0 saturated carbocycles. The van der Waals surface area contributed by atoms with Crippen LogP contribution in [0, 0.1) is 3.57 Å². The molecule has 0 fully saturated rings. The second kappa shape index (κ2) is 4.38. The summed E-state index contributed by atoms with van der Waals surface area (Å²) in [5.74, 6) is 0. The molecule has 0 unspecified atom stereocenters. The molecule has 14 heavy (non-hydrogen) atoms. The maximum absolute atomic E-state index is 9.06. The summed E-state index contributed by atoms with van der Waals surface area (Å²) in [5.41, 5.74) is 0. The van der Waals surface area contributed by atoms with E-state index in [-0.39, 0.29) is 6.61 Å². The molecule has 2 aromatic rings. The van der Waals surface area contributed by atoms with Crippen LogP contribution in [0.3, 0.4) is 0 Å². The van der Waals surface area contributed by atoms with Gasteiger partial charge in [-0.05, 0) is 46.4 Å². The Hall–Kier alpha value is 0.220. The number of hydrogen-bond acceptors (Lipinski definition) is 3. The van der Waals surface area contributed by atoms with E-state index in [0.717, 1.165) is 4.88 Å². The van der Waals surface area contributed by atoms with Gasteiger partial charge in [0.1, 0.15) is 0 Å². The molecule has 1 aromatic carbocycles. The molecule has 0 radical (unpaired) electrons. The smallest absolute Gasteiger partial charge is 0.0774 e. The Bertz CT molecular complexity index is 464. The highest BCUT2D eigenvalue weighted by molar-refractivity contribution is 14.1. The summed E-state index contributed by atoms with van der Waals surface area (Å²) >= 11 is 5.82. The summed E-state index contributed by atoms with van der Waals surface area (Å²) in [5, 5.41) is 10.3. The number of benzene rings is 1. The number of rotatable bonds is 2. The zero-order chi connectivity index (χ0) is 10.1. The lowest BCUT2D eigenvalue weighted by atomic mass is 10.2. The van der Waals surface area contributed by atoms with Crippen molar-refractivity contribution in [2.45, 2.75) is 11.5 Å². The van der Waals surface area contributed by atoms with E-state index in [1.165, 1.54) is 18.6 Å². The third kappa shape index (κ3) is 1.80. The minimum atomic E-state index is 0.143. The van der Waals surface area contributed by atoms with Crippen LogP contribution in [0.2, 0.25) is 0 Å². The van der Waals surface area contributed by atoms with E-state index in [4.69, 9.17) is 5.11 Å². The predicted octanol–water partition coefficient (Wildman–Crippen LogP) is 3.72. The van der Waals surface area contributed by atoms with Gasteiger partial charge in [-0.3, -0.25) is 0 Å². The summed E-state index contributed by atoms with van der Waals surface area (Å²) < 4.78 is 2.60. The first-order valence-corrected chi connectivity index (χ1v) is 7.24. The Balaban J connectivity index is 2.68. The van der Waals surface area contributed by atoms with Crippen molar-refractivity contribution >= 4 is 55.8 Å². The van der Waals surface area contributed by atoms with E-state index in [0.29, 0.717) is 0 Å². The molecule has 0 amide bonds. The van der Waals surface area contributed by atoms with Crippen molar-refractivity contribution in [2.24, 2.45) is 0 Å². The van der Waals surface area contributed by atoms with Gasteiger partial charge in [-0.1, -0.05) is 6.07 Å². The monoisotopic (exact) mass is 336 g/mol. The molecule has 0 spiro atoms. The van der Waals surface area contributed by atoms with Crippen molar-refractivity contribution in [2.75, 3.05) is 6.26 Å². The number of hydrogen-bond donors (Lipinski definition) is 1. The lowest BCUT2D eigenvalue weighted by Gasteiger charge is -2.00. The SMILES string of the molecule is CSc1ccc2cc(CO)sc2c1I. The molecule has 0 aliphatic carbocycles. The van der Waals surface area contributed by atoms with Gasteiger partial charge >= 0.3 is 0 Å². The molecule has 74 valence electrons. The zero-order valence-corrected chi connectivity index (χ0v) is 11.4. The first-order valence-electron chi connectivity index (χ1n) is 4.12. The predicted molar refractivity (Wildman–Crippen MR) is 72.2 cm³/mol. The van der Waals surface area contributed by atoms with E-state index in [9.17, 15) is 0 Å². The number of halogens is 1. The second-order valence-corrected chi connectivity index (χ2v) is 5.93. The molecule has 0 aliphatic rings. The van der Waals surface area contributed by atoms with Crippen LogP contribution in [0.5, 0.6) is 0 Å². The molecule has 0 atom stereocenters. The van der Waals surface area contributed by atoms with Crippen molar-refractivity contribution in [1.82, 2.24) is 0 Å². The number of aliphatic hydroxyl groups is 1. The van der Waals surface area contributed by atoms with Crippen LogP contribution in [0.4, 0.5) is 0 Å². The average molecular weight is 336 g/mol. The zero-order valence-electron chi connectivity index (χ0n) is 7.58. The average Bonchev–Trinajstić information content (AvgIpc) is 2.62. The Morgan fingerprint density at radius 3 is 2.93 bits per heavy atom. The quantitative estimate of drug-likeness (QED) is 0.666. The summed E-state index contributed by atoms with van der Waals surface area (Å²) in [6, 6.07) is 6.33. The van der Waals surface area contributed by atoms with E-state index in [1.54, 1.807) is 23.1 Å². The highest BCUT2D eigenvalue weighted by Gasteiger charge is 2.07. The fourth-order valence-electron chi connectivity index (χ4n) is 1.34. The minimum Gasteiger partial charge on any atom is -0.391 e. The van der Waals surface area contributed by atoms with Crippen molar-refractivity contribution in [3.05, 3.63) is 26.6 Å². The van der Waals surface area contributed by atoms with Gasteiger partial charge in [0.2, 0.25) is 0 Å². The van der Waals surface area contributed by atoms with Gasteiger partial charge in [0, 0.05) is 18.0 Å². The molecule has 2 rings (SSSR count). The van der Waals surface area contributed by atoms with Crippen LogP contribution in [-0.2, 0) is 6.61 Å². The van der Waals surface area contributed by atoms with Gasteiger partial charge < -0.3 is 5.11 Å². The van der Waals surface area contributed by atoms with E-state index >= 15 is 0 Å². The lowest BCUT2D eigenvalue weighted by Crippen LogP contribution is -1.76. The standard InChI is InChI=1S/C10H9IOS2/c1-13-8-3-2-6-4-7(5-12)14-10(6)9(8)11/h2-4,12H,5H2,1H3. The first-order chi connectivity index (χ1) is 6.76. The van der Waals surface area contributed by atoms with Gasteiger partial charge in [0.05, 0.1) is 6.61 Å². The molecular formula is C10H9IOS2.